The van der Waals surface area contributed by atoms with Crippen molar-refractivity contribution in [1.29, 1.82) is 0 Å². The predicted octanol–water partition coefficient (Wildman–Crippen LogP) is 3.13. The van der Waals surface area contributed by atoms with E-state index in [1.807, 2.05) is 23.9 Å². The Morgan fingerprint density at radius 3 is 3.00 bits per heavy atom. The Hall–Kier alpha value is -0.960. The zero-order chi connectivity index (χ0) is 10.8. The largest absolute Gasteiger partial charge is 0.481 e. The fourth-order valence-corrected chi connectivity index (χ4v) is 3.41. The SMILES string of the molecule is C[C@@H]1CC(CC(=O)O)c2ccccc2S1. The van der Waals surface area contributed by atoms with E-state index >= 15 is 0 Å². The Morgan fingerprint density at radius 1 is 1.53 bits per heavy atom. The summed E-state index contributed by atoms with van der Waals surface area (Å²) in [6.07, 6.45) is 1.22. The Bertz CT molecular complexity index is 376. The molecule has 0 aromatic heterocycles. The van der Waals surface area contributed by atoms with Crippen molar-refractivity contribution >= 4 is 17.7 Å². The zero-order valence-electron chi connectivity index (χ0n) is 8.64. The minimum Gasteiger partial charge on any atom is -0.481 e. The van der Waals surface area contributed by atoms with Crippen LogP contribution in [0.1, 0.15) is 31.2 Å². The van der Waals surface area contributed by atoms with Gasteiger partial charge < -0.3 is 5.11 Å². The van der Waals surface area contributed by atoms with E-state index < -0.39 is 5.97 Å². The van der Waals surface area contributed by atoms with Crippen molar-refractivity contribution in [3.63, 3.8) is 0 Å². The van der Waals surface area contributed by atoms with Gasteiger partial charge in [-0.05, 0) is 24.0 Å². The highest BCUT2D eigenvalue weighted by molar-refractivity contribution is 8.00. The van der Waals surface area contributed by atoms with Crippen LogP contribution >= 0.6 is 11.8 Å². The van der Waals surface area contributed by atoms with Gasteiger partial charge in [-0.25, -0.2) is 0 Å². The van der Waals surface area contributed by atoms with Gasteiger partial charge >= 0.3 is 5.97 Å². The second-order valence-electron chi connectivity index (χ2n) is 4.00. The molecule has 1 heterocycles. The van der Waals surface area contributed by atoms with E-state index in [0.717, 1.165) is 6.42 Å². The topological polar surface area (TPSA) is 37.3 Å². The van der Waals surface area contributed by atoms with Crippen molar-refractivity contribution < 1.29 is 9.90 Å². The Morgan fingerprint density at radius 2 is 2.27 bits per heavy atom. The van der Waals surface area contributed by atoms with Gasteiger partial charge in [0.2, 0.25) is 0 Å². The quantitative estimate of drug-likeness (QED) is 0.835. The number of aliphatic carboxylic acids is 1. The lowest BCUT2D eigenvalue weighted by Gasteiger charge is -2.28. The Balaban J connectivity index is 2.29. The Labute approximate surface area is 93.7 Å². The third-order valence-electron chi connectivity index (χ3n) is 2.72. The first kappa shape index (κ1) is 10.6. The molecule has 1 aromatic rings. The number of hydrogen-bond acceptors (Lipinski definition) is 2. The summed E-state index contributed by atoms with van der Waals surface area (Å²) in [6.45, 7) is 2.16. The molecular formula is C12H14O2S. The summed E-state index contributed by atoms with van der Waals surface area (Å²) in [4.78, 5) is 12.0. The van der Waals surface area contributed by atoms with Gasteiger partial charge in [0.25, 0.3) is 0 Å². The third kappa shape index (κ3) is 2.34. The molecular weight excluding hydrogens is 208 g/mol. The van der Waals surface area contributed by atoms with E-state index in [4.69, 9.17) is 5.11 Å². The van der Waals surface area contributed by atoms with Crippen LogP contribution in [0.3, 0.4) is 0 Å². The standard InChI is InChI=1S/C12H14O2S/c1-8-6-9(7-12(13)14)10-4-2-3-5-11(10)15-8/h2-5,8-9H,6-7H2,1H3,(H,13,14)/t8-,9?/m1/s1. The fourth-order valence-electron chi connectivity index (χ4n) is 2.12. The summed E-state index contributed by atoms with van der Waals surface area (Å²) >= 11 is 1.85. The van der Waals surface area contributed by atoms with Crippen molar-refractivity contribution in [2.75, 3.05) is 0 Å². The Kier molecular flexibility index (Phi) is 3.00. The maximum Gasteiger partial charge on any atom is 0.303 e. The number of benzene rings is 1. The van der Waals surface area contributed by atoms with Crippen LogP contribution in [0.15, 0.2) is 29.2 Å². The van der Waals surface area contributed by atoms with Crippen molar-refractivity contribution in [3.8, 4) is 0 Å². The molecule has 0 amide bonds. The van der Waals surface area contributed by atoms with Crippen molar-refractivity contribution in [1.82, 2.24) is 0 Å². The highest BCUT2D eigenvalue weighted by Crippen LogP contribution is 2.42. The molecule has 0 fully saturated rings. The van der Waals surface area contributed by atoms with E-state index in [2.05, 4.69) is 19.1 Å². The summed E-state index contributed by atoms with van der Waals surface area (Å²) in [6, 6.07) is 8.15. The van der Waals surface area contributed by atoms with Crippen molar-refractivity contribution in [3.05, 3.63) is 29.8 Å². The number of thioether (sulfide) groups is 1. The molecule has 15 heavy (non-hydrogen) atoms. The summed E-state index contributed by atoms with van der Waals surface area (Å²) < 4.78 is 0. The minimum absolute atomic E-state index is 0.190. The maximum atomic E-state index is 10.8. The van der Waals surface area contributed by atoms with Gasteiger partial charge in [0.15, 0.2) is 0 Å². The second kappa shape index (κ2) is 4.27. The molecule has 0 bridgehead atoms. The molecule has 1 aromatic carbocycles. The molecule has 0 aliphatic carbocycles. The van der Waals surface area contributed by atoms with Gasteiger partial charge in [0, 0.05) is 10.1 Å². The molecule has 80 valence electrons. The molecule has 2 nitrogen and oxygen atoms in total. The van der Waals surface area contributed by atoms with Crippen LogP contribution in [0.4, 0.5) is 0 Å². The number of carboxylic acids is 1. The van der Waals surface area contributed by atoms with Gasteiger partial charge in [-0.2, -0.15) is 0 Å². The van der Waals surface area contributed by atoms with E-state index in [-0.39, 0.29) is 12.3 Å². The highest BCUT2D eigenvalue weighted by atomic mass is 32.2. The smallest absolute Gasteiger partial charge is 0.303 e. The number of fused-ring (bicyclic) bond motifs is 1. The molecule has 1 unspecified atom stereocenters. The minimum atomic E-state index is -0.700. The lowest BCUT2D eigenvalue weighted by Crippen LogP contribution is -2.16. The summed E-state index contributed by atoms with van der Waals surface area (Å²) in [7, 11) is 0. The van der Waals surface area contributed by atoms with Gasteiger partial charge in [-0.3, -0.25) is 4.79 Å². The first-order valence-corrected chi connectivity index (χ1v) is 6.02. The number of carboxylic acid groups (broad SMARTS) is 1. The number of hydrogen-bond donors (Lipinski definition) is 1. The van der Waals surface area contributed by atoms with Crippen LogP contribution < -0.4 is 0 Å². The molecule has 1 aliphatic rings. The lowest BCUT2D eigenvalue weighted by molar-refractivity contribution is -0.137. The fraction of sp³-hybridized carbons (Fsp3) is 0.417. The van der Waals surface area contributed by atoms with Crippen LogP contribution in [0.2, 0.25) is 0 Å². The molecule has 2 atom stereocenters. The maximum absolute atomic E-state index is 10.8. The third-order valence-corrected chi connectivity index (χ3v) is 3.94. The average molecular weight is 222 g/mol. The van der Waals surface area contributed by atoms with E-state index in [1.54, 1.807) is 0 Å². The van der Waals surface area contributed by atoms with Crippen LogP contribution in [-0.2, 0) is 4.79 Å². The molecule has 0 spiro atoms. The molecule has 2 rings (SSSR count). The summed E-state index contributed by atoms with van der Waals surface area (Å²) in [5.74, 6) is -0.510. The molecule has 0 saturated carbocycles. The van der Waals surface area contributed by atoms with Crippen LogP contribution in [0, 0.1) is 0 Å². The molecule has 1 aliphatic heterocycles. The lowest BCUT2D eigenvalue weighted by atomic mass is 9.91. The highest BCUT2D eigenvalue weighted by Gasteiger charge is 2.26. The molecule has 0 saturated heterocycles. The molecule has 3 heteroatoms. The average Bonchev–Trinajstić information content (AvgIpc) is 2.16. The first-order chi connectivity index (χ1) is 7.16. The normalized spacial score (nSPS) is 24.6. The van der Waals surface area contributed by atoms with Crippen LogP contribution in [-0.4, -0.2) is 16.3 Å². The molecule has 0 radical (unpaired) electrons. The summed E-state index contributed by atoms with van der Waals surface area (Å²) in [5.41, 5.74) is 1.21. The zero-order valence-corrected chi connectivity index (χ0v) is 9.46. The predicted molar refractivity (Wildman–Crippen MR) is 61.4 cm³/mol. The second-order valence-corrected chi connectivity index (χ2v) is 5.48. The van der Waals surface area contributed by atoms with E-state index in [9.17, 15) is 4.79 Å². The van der Waals surface area contributed by atoms with E-state index in [0.29, 0.717) is 5.25 Å². The van der Waals surface area contributed by atoms with Gasteiger partial charge in [0.1, 0.15) is 0 Å². The van der Waals surface area contributed by atoms with Crippen LogP contribution in [0.5, 0.6) is 0 Å². The van der Waals surface area contributed by atoms with Crippen LogP contribution in [0.25, 0.3) is 0 Å². The first-order valence-electron chi connectivity index (χ1n) is 5.14. The summed E-state index contributed by atoms with van der Waals surface area (Å²) in [5, 5.41) is 9.39. The number of carbonyl (C=O) groups is 1. The van der Waals surface area contributed by atoms with Gasteiger partial charge in [-0.15, -0.1) is 11.8 Å². The van der Waals surface area contributed by atoms with Gasteiger partial charge in [0.05, 0.1) is 6.42 Å². The number of rotatable bonds is 2. The van der Waals surface area contributed by atoms with Crippen molar-refractivity contribution in [2.45, 2.75) is 35.8 Å². The monoisotopic (exact) mass is 222 g/mol. The van der Waals surface area contributed by atoms with Gasteiger partial charge in [-0.1, -0.05) is 25.1 Å². The van der Waals surface area contributed by atoms with E-state index in [1.165, 1.54) is 10.5 Å². The molecule has 1 N–H and O–H groups in total. The van der Waals surface area contributed by atoms with Crippen molar-refractivity contribution in [2.24, 2.45) is 0 Å².